The molecule has 0 radical (unpaired) electrons. The third-order valence-corrected chi connectivity index (χ3v) is 4.24. The summed E-state index contributed by atoms with van der Waals surface area (Å²) in [6.07, 6.45) is 3.52. The van der Waals surface area contributed by atoms with E-state index in [4.69, 9.17) is 14.0 Å². The van der Waals surface area contributed by atoms with Crippen molar-refractivity contribution in [2.24, 2.45) is 0 Å². The van der Waals surface area contributed by atoms with E-state index in [0.29, 0.717) is 24.9 Å². The molecule has 0 aliphatic carbocycles. The molecule has 0 saturated carbocycles. The second kappa shape index (κ2) is 8.94. The first-order chi connectivity index (χ1) is 12.8. The Morgan fingerprint density at radius 1 is 1.26 bits per heavy atom. The van der Waals surface area contributed by atoms with Gasteiger partial charge in [-0.05, 0) is 25.1 Å². The van der Waals surface area contributed by atoms with Gasteiger partial charge in [0.25, 0.3) is 0 Å². The normalized spacial score (nSPS) is 19.3. The fourth-order valence-electron chi connectivity index (χ4n) is 2.86. The summed E-state index contributed by atoms with van der Waals surface area (Å²) in [6.45, 7) is 3.91. The van der Waals surface area contributed by atoms with Crippen molar-refractivity contribution in [1.29, 1.82) is 0 Å². The zero-order valence-corrected chi connectivity index (χ0v) is 15.7. The first kappa shape index (κ1) is 19.3. The van der Waals surface area contributed by atoms with Gasteiger partial charge >= 0.3 is 0 Å². The standard InChI is InChI=1S/C19H20N4O3.ClH/c1-13-17(21-8-9-24-13)19-22-18(23-26-19)15-5-2-6-16(10-15)25-12-14-4-3-7-20-11-14;/h2-7,10-11,13,17,21H,8-9,12H2,1H3;1H/t13-,17+;/m1./s1. The Balaban J connectivity index is 0.00000210. The van der Waals surface area contributed by atoms with Gasteiger partial charge in [-0.25, -0.2) is 0 Å². The smallest absolute Gasteiger partial charge is 0.246 e. The Morgan fingerprint density at radius 3 is 3.00 bits per heavy atom. The number of hydrogen-bond donors (Lipinski definition) is 1. The van der Waals surface area contributed by atoms with Crippen LogP contribution in [0.5, 0.6) is 5.75 Å². The zero-order chi connectivity index (χ0) is 17.8. The second-order valence-electron chi connectivity index (χ2n) is 6.14. The van der Waals surface area contributed by atoms with Crippen molar-refractivity contribution in [2.75, 3.05) is 13.2 Å². The van der Waals surface area contributed by atoms with Gasteiger partial charge in [0.2, 0.25) is 11.7 Å². The predicted octanol–water partition coefficient (Wildman–Crippen LogP) is 3.18. The highest BCUT2D eigenvalue weighted by Gasteiger charge is 2.28. The largest absolute Gasteiger partial charge is 0.489 e. The van der Waals surface area contributed by atoms with Crippen LogP contribution in [0.15, 0.2) is 53.3 Å². The lowest BCUT2D eigenvalue weighted by atomic mass is 10.1. The van der Waals surface area contributed by atoms with Gasteiger partial charge < -0.3 is 19.3 Å². The van der Waals surface area contributed by atoms with E-state index in [-0.39, 0.29) is 24.6 Å². The van der Waals surface area contributed by atoms with Crippen LogP contribution in [0, 0.1) is 0 Å². The van der Waals surface area contributed by atoms with Gasteiger partial charge in [-0.2, -0.15) is 4.98 Å². The van der Waals surface area contributed by atoms with Crippen molar-refractivity contribution < 1.29 is 14.0 Å². The predicted molar refractivity (Wildman–Crippen MR) is 102 cm³/mol. The van der Waals surface area contributed by atoms with Gasteiger partial charge in [0.1, 0.15) is 18.4 Å². The minimum absolute atomic E-state index is 0. The van der Waals surface area contributed by atoms with E-state index in [1.165, 1.54) is 0 Å². The molecule has 27 heavy (non-hydrogen) atoms. The van der Waals surface area contributed by atoms with Crippen LogP contribution in [0.25, 0.3) is 11.4 Å². The maximum Gasteiger partial charge on any atom is 0.246 e. The lowest BCUT2D eigenvalue weighted by Gasteiger charge is -2.27. The van der Waals surface area contributed by atoms with Gasteiger partial charge in [-0.15, -0.1) is 12.4 Å². The SMILES string of the molecule is C[C@H]1OCCN[C@@H]1c1nc(-c2cccc(OCc3cccnc3)c2)no1.Cl. The number of hydrogen-bond acceptors (Lipinski definition) is 7. The highest BCUT2D eigenvalue weighted by Crippen LogP contribution is 2.25. The van der Waals surface area contributed by atoms with Gasteiger partial charge in [-0.3, -0.25) is 4.98 Å². The van der Waals surface area contributed by atoms with Crippen LogP contribution in [-0.2, 0) is 11.3 Å². The summed E-state index contributed by atoms with van der Waals surface area (Å²) in [7, 11) is 0. The van der Waals surface area contributed by atoms with E-state index < -0.39 is 0 Å². The summed E-state index contributed by atoms with van der Waals surface area (Å²) in [6, 6.07) is 11.4. The number of benzene rings is 1. The van der Waals surface area contributed by atoms with Crippen LogP contribution in [0.2, 0.25) is 0 Å². The van der Waals surface area contributed by atoms with Crippen LogP contribution < -0.4 is 10.1 Å². The second-order valence-corrected chi connectivity index (χ2v) is 6.14. The Labute approximate surface area is 163 Å². The van der Waals surface area contributed by atoms with Crippen molar-refractivity contribution in [3.8, 4) is 17.1 Å². The number of morpholine rings is 1. The molecule has 1 aliphatic heterocycles. The number of nitrogens with zero attached hydrogens (tertiary/aromatic N) is 3. The molecule has 7 nitrogen and oxygen atoms in total. The van der Waals surface area contributed by atoms with E-state index in [1.807, 2.05) is 43.3 Å². The highest BCUT2D eigenvalue weighted by molar-refractivity contribution is 5.85. The summed E-state index contributed by atoms with van der Waals surface area (Å²) in [4.78, 5) is 8.61. The average Bonchev–Trinajstić information content (AvgIpc) is 3.18. The van der Waals surface area contributed by atoms with E-state index >= 15 is 0 Å². The Hall–Kier alpha value is -2.48. The van der Waals surface area contributed by atoms with E-state index in [1.54, 1.807) is 12.4 Å². The van der Waals surface area contributed by atoms with E-state index in [2.05, 4.69) is 20.4 Å². The summed E-state index contributed by atoms with van der Waals surface area (Å²) < 4.78 is 16.9. The first-order valence-corrected chi connectivity index (χ1v) is 8.60. The Kier molecular flexibility index (Phi) is 6.39. The van der Waals surface area contributed by atoms with Gasteiger partial charge in [-0.1, -0.05) is 23.4 Å². The molecule has 2 aromatic heterocycles. The van der Waals surface area contributed by atoms with Crippen molar-refractivity contribution in [3.05, 3.63) is 60.2 Å². The number of ether oxygens (including phenoxy) is 2. The fraction of sp³-hybridized carbons (Fsp3) is 0.316. The first-order valence-electron chi connectivity index (χ1n) is 8.60. The molecular formula is C19H21ClN4O3. The molecule has 1 fully saturated rings. The topological polar surface area (TPSA) is 82.3 Å². The highest BCUT2D eigenvalue weighted by atomic mass is 35.5. The van der Waals surface area contributed by atoms with Gasteiger partial charge in [0.05, 0.1) is 12.7 Å². The third-order valence-electron chi connectivity index (χ3n) is 4.24. The molecular weight excluding hydrogens is 368 g/mol. The van der Waals surface area contributed by atoms with Crippen LogP contribution in [0.3, 0.4) is 0 Å². The molecule has 1 aliphatic rings. The van der Waals surface area contributed by atoms with Crippen molar-refractivity contribution in [3.63, 3.8) is 0 Å². The molecule has 1 saturated heterocycles. The van der Waals surface area contributed by atoms with E-state index in [0.717, 1.165) is 23.4 Å². The zero-order valence-electron chi connectivity index (χ0n) is 14.9. The number of aromatic nitrogens is 3. The molecule has 4 rings (SSSR count). The minimum Gasteiger partial charge on any atom is -0.489 e. The number of nitrogens with one attached hydrogen (secondary N) is 1. The molecule has 142 valence electrons. The number of rotatable bonds is 5. The summed E-state index contributed by atoms with van der Waals surface area (Å²) >= 11 is 0. The molecule has 3 aromatic rings. The van der Waals surface area contributed by atoms with Crippen LogP contribution in [-0.4, -0.2) is 34.4 Å². The van der Waals surface area contributed by atoms with Crippen LogP contribution >= 0.6 is 12.4 Å². The Bertz CT molecular complexity index is 859. The van der Waals surface area contributed by atoms with Crippen molar-refractivity contribution >= 4 is 12.4 Å². The molecule has 0 amide bonds. The number of halogens is 1. The molecule has 0 spiro atoms. The number of pyridine rings is 1. The molecule has 3 heterocycles. The quantitative estimate of drug-likeness (QED) is 0.718. The van der Waals surface area contributed by atoms with Gasteiger partial charge in [0, 0.05) is 30.1 Å². The molecule has 8 heteroatoms. The summed E-state index contributed by atoms with van der Waals surface area (Å²) in [5.41, 5.74) is 1.85. The summed E-state index contributed by atoms with van der Waals surface area (Å²) in [5.74, 6) is 1.81. The molecule has 2 atom stereocenters. The lowest BCUT2D eigenvalue weighted by Crippen LogP contribution is -2.40. The molecule has 0 unspecified atom stereocenters. The van der Waals surface area contributed by atoms with Gasteiger partial charge in [0.15, 0.2) is 0 Å². The average molecular weight is 389 g/mol. The molecule has 1 N–H and O–H groups in total. The third kappa shape index (κ3) is 4.63. The van der Waals surface area contributed by atoms with E-state index in [9.17, 15) is 0 Å². The van der Waals surface area contributed by atoms with Crippen LogP contribution in [0.1, 0.15) is 24.4 Å². The van der Waals surface area contributed by atoms with Crippen molar-refractivity contribution in [2.45, 2.75) is 25.7 Å². The van der Waals surface area contributed by atoms with Crippen LogP contribution in [0.4, 0.5) is 0 Å². The molecule has 0 bridgehead atoms. The summed E-state index contributed by atoms with van der Waals surface area (Å²) in [5, 5.41) is 7.46. The molecule has 1 aromatic carbocycles. The lowest BCUT2D eigenvalue weighted by molar-refractivity contribution is -0.00136. The maximum absolute atomic E-state index is 5.84. The maximum atomic E-state index is 5.84. The fourth-order valence-corrected chi connectivity index (χ4v) is 2.86. The monoisotopic (exact) mass is 388 g/mol. The Morgan fingerprint density at radius 2 is 2.19 bits per heavy atom. The van der Waals surface area contributed by atoms with Crippen molar-refractivity contribution in [1.82, 2.24) is 20.4 Å². The minimum atomic E-state index is -0.0880.